The van der Waals surface area contributed by atoms with Crippen molar-refractivity contribution >= 4 is 17.6 Å². The number of halogens is 1. The van der Waals surface area contributed by atoms with Crippen LogP contribution < -0.4 is 0 Å². The van der Waals surface area contributed by atoms with E-state index in [1.165, 1.54) is 12.8 Å². The van der Waals surface area contributed by atoms with Crippen LogP contribution in [-0.2, 0) is 9.53 Å². The average molecular weight is 201 g/mol. The zero-order valence-corrected chi connectivity index (χ0v) is 8.17. The van der Waals surface area contributed by atoms with E-state index in [1.54, 1.807) is 0 Å². The molecular weight excluding hydrogens is 188 g/mol. The molecule has 72 valence electrons. The standard InChI is InChI=1S/C10H13ClO2/c11-5-10(12)13-6-9-4-7-1-2-8(9)3-7/h1-2,7-9H,3-6H2/t7-,8+,9+/m0/s1. The van der Waals surface area contributed by atoms with Crippen molar-refractivity contribution in [2.24, 2.45) is 17.8 Å². The van der Waals surface area contributed by atoms with Gasteiger partial charge in [-0.3, -0.25) is 4.79 Å². The molecule has 0 radical (unpaired) electrons. The Labute approximate surface area is 82.9 Å². The summed E-state index contributed by atoms with van der Waals surface area (Å²) >= 11 is 5.33. The molecule has 0 aromatic carbocycles. The Hall–Kier alpha value is -0.500. The van der Waals surface area contributed by atoms with Crippen molar-refractivity contribution in [3.05, 3.63) is 12.2 Å². The number of carbonyl (C=O) groups excluding carboxylic acids is 1. The number of rotatable bonds is 3. The summed E-state index contributed by atoms with van der Waals surface area (Å²) in [4.78, 5) is 10.8. The minimum atomic E-state index is -0.298. The third kappa shape index (κ3) is 1.88. The molecule has 3 heteroatoms. The number of fused-ring (bicyclic) bond motifs is 2. The fourth-order valence-electron chi connectivity index (χ4n) is 2.32. The summed E-state index contributed by atoms with van der Waals surface area (Å²) in [5.41, 5.74) is 0. The van der Waals surface area contributed by atoms with E-state index >= 15 is 0 Å². The van der Waals surface area contributed by atoms with Crippen molar-refractivity contribution in [2.45, 2.75) is 12.8 Å². The van der Waals surface area contributed by atoms with Gasteiger partial charge >= 0.3 is 5.97 Å². The molecule has 2 bridgehead atoms. The summed E-state index contributed by atoms with van der Waals surface area (Å²) in [7, 11) is 0. The van der Waals surface area contributed by atoms with E-state index in [0.717, 1.165) is 5.92 Å². The third-order valence-corrected chi connectivity index (χ3v) is 3.20. The molecule has 2 rings (SSSR count). The zero-order valence-electron chi connectivity index (χ0n) is 7.41. The molecule has 0 aliphatic heterocycles. The van der Waals surface area contributed by atoms with E-state index in [-0.39, 0.29) is 11.8 Å². The maximum absolute atomic E-state index is 10.8. The number of hydrogen-bond acceptors (Lipinski definition) is 2. The number of alkyl halides is 1. The molecule has 1 saturated carbocycles. The van der Waals surface area contributed by atoms with Crippen molar-refractivity contribution in [3.63, 3.8) is 0 Å². The molecule has 2 aliphatic carbocycles. The first-order valence-electron chi connectivity index (χ1n) is 4.69. The van der Waals surface area contributed by atoms with Crippen LogP contribution in [0, 0.1) is 17.8 Å². The average Bonchev–Trinajstić information content (AvgIpc) is 2.74. The van der Waals surface area contributed by atoms with E-state index in [0.29, 0.717) is 18.4 Å². The van der Waals surface area contributed by atoms with E-state index in [9.17, 15) is 4.79 Å². The molecule has 0 amide bonds. The number of hydrogen-bond donors (Lipinski definition) is 0. The molecule has 0 heterocycles. The molecule has 0 aromatic rings. The molecule has 2 nitrogen and oxygen atoms in total. The van der Waals surface area contributed by atoms with E-state index < -0.39 is 0 Å². The number of esters is 1. The Morgan fingerprint density at radius 2 is 2.31 bits per heavy atom. The summed E-state index contributed by atoms with van der Waals surface area (Å²) in [6, 6.07) is 0. The number of carbonyl (C=O) groups is 1. The molecule has 0 N–H and O–H groups in total. The van der Waals surface area contributed by atoms with Gasteiger partial charge in [0, 0.05) is 0 Å². The fourth-order valence-corrected chi connectivity index (χ4v) is 2.40. The van der Waals surface area contributed by atoms with Gasteiger partial charge in [0.25, 0.3) is 0 Å². The van der Waals surface area contributed by atoms with Crippen LogP contribution in [0.15, 0.2) is 12.2 Å². The molecule has 3 atom stereocenters. The molecule has 0 aromatic heterocycles. The molecule has 0 saturated heterocycles. The lowest BCUT2D eigenvalue weighted by Crippen LogP contribution is -2.18. The minimum Gasteiger partial charge on any atom is -0.464 e. The van der Waals surface area contributed by atoms with Crippen LogP contribution in [0.4, 0.5) is 0 Å². The predicted molar refractivity (Wildman–Crippen MR) is 50.5 cm³/mol. The number of ether oxygens (including phenoxy) is 1. The largest absolute Gasteiger partial charge is 0.464 e. The maximum Gasteiger partial charge on any atom is 0.320 e. The molecule has 13 heavy (non-hydrogen) atoms. The molecule has 0 spiro atoms. The Morgan fingerprint density at radius 3 is 2.85 bits per heavy atom. The van der Waals surface area contributed by atoms with Gasteiger partial charge in [0.2, 0.25) is 0 Å². The van der Waals surface area contributed by atoms with Crippen molar-refractivity contribution in [3.8, 4) is 0 Å². The van der Waals surface area contributed by atoms with E-state index in [4.69, 9.17) is 16.3 Å². The Balaban J connectivity index is 1.78. The summed E-state index contributed by atoms with van der Waals surface area (Å²) < 4.78 is 5.02. The van der Waals surface area contributed by atoms with Gasteiger partial charge in [-0.05, 0) is 30.6 Å². The quantitative estimate of drug-likeness (QED) is 0.396. The SMILES string of the molecule is O=C(CCl)OC[C@H]1C[C@H]2C=C[C@@H]1C2. The minimum absolute atomic E-state index is 0.0311. The summed E-state index contributed by atoms with van der Waals surface area (Å²) in [6.07, 6.45) is 6.97. The molecular formula is C10H13ClO2. The van der Waals surface area contributed by atoms with Crippen molar-refractivity contribution in [1.82, 2.24) is 0 Å². The highest BCUT2D eigenvalue weighted by Gasteiger charge is 2.35. The lowest BCUT2D eigenvalue weighted by molar-refractivity contribution is -0.142. The van der Waals surface area contributed by atoms with Gasteiger partial charge in [-0.15, -0.1) is 11.6 Å². The second-order valence-corrected chi connectivity index (χ2v) is 4.12. The van der Waals surface area contributed by atoms with Crippen LogP contribution in [0.3, 0.4) is 0 Å². The van der Waals surface area contributed by atoms with Gasteiger partial charge < -0.3 is 4.74 Å². The molecule has 2 aliphatic rings. The van der Waals surface area contributed by atoms with Gasteiger partial charge in [-0.1, -0.05) is 12.2 Å². The highest BCUT2D eigenvalue weighted by Crippen LogP contribution is 2.43. The first-order chi connectivity index (χ1) is 6.29. The fraction of sp³-hybridized carbons (Fsp3) is 0.700. The Bertz CT molecular complexity index is 237. The molecule has 0 unspecified atom stereocenters. The third-order valence-electron chi connectivity index (χ3n) is 2.98. The van der Waals surface area contributed by atoms with Gasteiger partial charge in [-0.25, -0.2) is 0 Å². The second kappa shape index (κ2) is 3.70. The summed E-state index contributed by atoms with van der Waals surface area (Å²) in [5.74, 6) is 1.60. The monoisotopic (exact) mass is 200 g/mol. The number of allylic oxidation sites excluding steroid dienone is 2. The van der Waals surface area contributed by atoms with Crippen molar-refractivity contribution in [2.75, 3.05) is 12.5 Å². The summed E-state index contributed by atoms with van der Waals surface area (Å²) in [5, 5.41) is 0. The highest BCUT2D eigenvalue weighted by molar-refractivity contribution is 6.26. The second-order valence-electron chi connectivity index (χ2n) is 3.86. The maximum atomic E-state index is 10.8. The molecule has 1 fully saturated rings. The highest BCUT2D eigenvalue weighted by atomic mass is 35.5. The van der Waals surface area contributed by atoms with E-state index in [2.05, 4.69) is 12.2 Å². The first kappa shape index (κ1) is 9.07. The first-order valence-corrected chi connectivity index (χ1v) is 5.23. The van der Waals surface area contributed by atoms with Crippen LogP contribution in [0.25, 0.3) is 0 Å². The summed E-state index contributed by atoms with van der Waals surface area (Å²) in [6.45, 7) is 0.553. The van der Waals surface area contributed by atoms with Gasteiger partial charge in [0.15, 0.2) is 0 Å². The van der Waals surface area contributed by atoms with Gasteiger partial charge in [0.05, 0.1) is 6.61 Å². The van der Waals surface area contributed by atoms with Gasteiger partial charge in [0.1, 0.15) is 5.88 Å². The lowest BCUT2D eigenvalue weighted by atomic mass is 9.95. The Morgan fingerprint density at radius 1 is 1.46 bits per heavy atom. The smallest absolute Gasteiger partial charge is 0.320 e. The normalized spacial score (nSPS) is 35.3. The van der Waals surface area contributed by atoms with Crippen LogP contribution in [-0.4, -0.2) is 18.5 Å². The predicted octanol–water partition coefficient (Wildman–Crippen LogP) is 1.98. The van der Waals surface area contributed by atoms with Crippen LogP contribution >= 0.6 is 11.6 Å². The van der Waals surface area contributed by atoms with Crippen molar-refractivity contribution < 1.29 is 9.53 Å². The van der Waals surface area contributed by atoms with E-state index in [1.807, 2.05) is 0 Å². The van der Waals surface area contributed by atoms with Gasteiger partial charge in [-0.2, -0.15) is 0 Å². The van der Waals surface area contributed by atoms with Crippen LogP contribution in [0.2, 0.25) is 0 Å². The van der Waals surface area contributed by atoms with Crippen LogP contribution in [0.5, 0.6) is 0 Å². The lowest BCUT2D eigenvalue weighted by Gasteiger charge is -2.17. The van der Waals surface area contributed by atoms with Crippen molar-refractivity contribution in [1.29, 1.82) is 0 Å². The zero-order chi connectivity index (χ0) is 9.26. The Kier molecular flexibility index (Phi) is 2.58. The topological polar surface area (TPSA) is 26.3 Å². The van der Waals surface area contributed by atoms with Crippen LogP contribution in [0.1, 0.15) is 12.8 Å².